The topological polar surface area (TPSA) is 81.1 Å². The minimum absolute atomic E-state index is 0.0966. The molecule has 1 heterocycles. The molecule has 1 unspecified atom stereocenters. The molecular weight excluding hydrogens is 392 g/mol. The number of hydrogen-bond donors (Lipinski definition) is 2. The van der Waals surface area contributed by atoms with Crippen LogP contribution in [0.2, 0.25) is 0 Å². The summed E-state index contributed by atoms with van der Waals surface area (Å²) in [7, 11) is 0. The number of carbonyl (C=O) groups is 2. The lowest BCUT2D eigenvalue weighted by molar-refractivity contribution is -0.148. The minimum Gasteiger partial charge on any atom is -0.396 e. The number of fused-ring (bicyclic) bond motifs is 1. The summed E-state index contributed by atoms with van der Waals surface area (Å²) in [4.78, 5) is 29.0. The van der Waals surface area contributed by atoms with Gasteiger partial charge in [-0.05, 0) is 79.9 Å². The maximum absolute atomic E-state index is 13.1. The van der Waals surface area contributed by atoms with Gasteiger partial charge < -0.3 is 20.0 Å². The maximum atomic E-state index is 13.1. The lowest BCUT2D eigenvalue weighted by Crippen LogP contribution is -2.54. The third-order valence-corrected chi connectivity index (χ3v) is 8.05. The highest BCUT2D eigenvalue weighted by Crippen LogP contribution is 2.39. The molecule has 4 aliphatic rings. The first-order valence-electron chi connectivity index (χ1n) is 12.0. The van der Waals surface area contributed by atoms with E-state index in [0.717, 1.165) is 38.5 Å². The minimum atomic E-state index is -1.11. The van der Waals surface area contributed by atoms with Crippen LogP contribution in [0.25, 0.3) is 0 Å². The number of aliphatic hydroxyl groups is 2. The van der Waals surface area contributed by atoms with Gasteiger partial charge in [-0.15, -0.1) is 0 Å². The van der Waals surface area contributed by atoms with Crippen LogP contribution in [0.4, 0.5) is 0 Å². The van der Waals surface area contributed by atoms with Crippen LogP contribution >= 0.6 is 0 Å². The number of aliphatic hydroxyl groups excluding tert-OH is 1. The molecule has 168 valence electrons. The van der Waals surface area contributed by atoms with Crippen LogP contribution in [-0.4, -0.2) is 70.2 Å². The molecule has 2 saturated carbocycles. The Kier molecular flexibility index (Phi) is 5.55. The van der Waals surface area contributed by atoms with Crippen molar-refractivity contribution in [3.05, 3.63) is 34.9 Å². The molecule has 1 saturated heterocycles. The second-order valence-corrected chi connectivity index (χ2v) is 10.2. The van der Waals surface area contributed by atoms with Crippen LogP contribution in [0.15, 0.2) is 18.2 Å². The van der Waals surface area contributed by atoms with Crippen molar-refractivity contribution in [1.82, 2.24) is 9.80 Å². The van der Waals surface area contributed by atoms with E-state index in [4.69, 9.17) is 0 Å². The van der Waals surface area contributed by atoms with Gasteiger partial charge in [-0.3, -0.25) is 9.59 Å². The monoisotopic (exact) mass is 426 g/mol. The summed E-state index contributed by atoms with van der Waals surface area (Å²) < 4.78 is 0. The zero-order valence-corrected chi connectivity index (χ0v) is 18.3. The van der Waals surface area contributed by atoms with Gasteiger partial charge in [0, 0.05) is 38.7 Å². The Bertz CT molecular complexity index is 849. The molecular formula is C25H34N2O4. The van der Waals surface area contributed by atoms with Crippen LogP contribution < -0.4 is 0 Å². The van der Waals surface area contributed by atoms with Crippen molar-refractivity contribution in [2.45, 2.75) is 62.9 Å². The first-order chi connectivity index (χ1) is 15.0. The quantitative estimate of drug-likeness (QED) is 0.770. The van der Waals surface area contributed by atoms with Crippen LogP contribution in [-0.2, 0) is 22.4 Å². The number of carbonyl (C=O) groups excluding carboxylic acids is 2. The summed E-state index contributed by atoms with van der Waals surface area (Å²) in [6.07, 6.45) is 7.07. The highest BCUT2D eigenvalue weighted by Gasteiger charge is 2.50. The van der Waals surface area contributed by atoms with Crippen molar-refractivity contribution >= 4 is 11.8 Å². The molecule has 6 nitrogen and oxygen atoms in total. The van der Waals surface area contributed by atoms with Gasteiger partial charge in [0.05, 0.1) is 0 Å². The Morgan fingerprint density at radius 1 is 0.935 bits per heavy atom. The smallest absolute Gasteiger partial charge is 0.254 e. The molecule has 1 aromatic carbocycles. The Balaban J connectivity index is 1.12. The summed E-state index contributed by atoms with van der Waals surface area (Å²) in [5.41, 5.74) is 3.07. The summed E-state index contributed by atoms with van der Waals surface area (Å²) in [6.45, 7) is 2.49. The molecule has 0 spiro atoms. The predicted molar refractivity (Wildman–Crippen MR) is 116 cm³/mol. The Morgan fingerprint density at radius 2 is 1.58 bits per heavy atom. The van der Waals surface area contributed by atoms with E-state index in [9.17, 15) is 19.8 Å². The molecule has 0 bridgehead atoms. The van der Waals surface area contributed by atoms with Crippen molar-refractivity contribution in [2.75, 3.05) is 32.8 Å². The van der Waals surface area contributed by atoms with Crippen LogP contribution in [0.1, 0.15) is 61.1 Å². The lowest BCUT2D eigenvalue weighted by atomic mass is 9.77. The number of nitrogens with zero attached hydrogens (tertiary/aromatic N) is 2. The molecule has 0 aromatic heterocycles. The van der Waals surface area contributed by atoms with E-state index in [0.29, 0.717) is 50.9 Å². The second kappa shape index (κ2) is 8.21. The molecule has 3 fully saturated rings. The number of piperazine rings is 1. The van der Waals surface area contributed by atoms with E-state index in [-0.39, 0.29) is 24.3 Å². The highest BCUT2D eigenvalue weighted by molar-refractivity contribution is 5.88. The van der Waals surface area contributed by atoms with Gasteiger partial charge in [0.1, 0.15) is 5.60 Å². The molecule has 1 aliphatic heterocycles. The molecule has 2 N–H and O–H groups in total. The molecule has 0 radical (unpaired) electrons. The van der Waals surface area contributed by atoms with E-state index in [2.05, 4.69) is 18.2 Å². The summed E-state index contributed by atoms with van der Waals surface area (Å²) in [6, 6.07) is 6.85. The third kappa shape index (κ3) is 4.12. The zero-order valence-electron chi connectivity index (χ0n) is 18.3. The Hall–Kier alpha value is -1.92. The molecule has 2 amide bonds. The van der Waals surface area contributed by atoms with Crippen molar-refractivity contribution in [3.63, 3.8) is 0 Å². The average Bonchev–Trinajstić information content (AvgIpc) is 3.43. The van der Waals surface area contributed by atoms with Crippen molar-refractivity contribution in [1.29, 1.82) is 0 Å². The highest BCUT2D eigenvalue weighted by atomic mass is 16.3. The van der Waals surface area contributed by atoms with Gasteiger partial charge in [0.25, 0.3) is 5.91 Å². The molecule has 1 aromatic rings. The van der Waals surface area contributed by atoms with Crippen LogP contribution in [0.5, 0.6) is 0 Å². The van der Waals surface area contributed by atoms with E-state index in [1.165, 1.54) is 16.7 Å². The number of rotatable bonds is 4. The summed E-state index contributed by atoms with van der Waals surface area (Å²) >= 11 is 0. The van der Waals surface area contributed by atoms with Gasteiger partial charge in [0.2, 0.25) is 5.91 Å². The van der Waals surface area contributed by atoms with E-state index in [1.54, 1.807) is 4.90 Å². The van der Waals surface area contributed by atoms with Crippen molar-refractivity contribution < 1.29 is 19.8 Å². The summed E-state index contributed by atoms with van der Waals surface area (Å²) in [5.74, 6) is 1.09. The van der Waals surface area contributed by atoms with Crippen molar-refractivity contribution in [2.24, 2.45) is 11.8 Å². The number of benzene rings is 1. The molecule has 1 atom stereocenters. The first-order valence-corrected chi connectivity index (χ1v) is 12.0. The Morgan fingerprint density at radius 3 is 2.23 bits per heavy atom. The van der Waals surface area contributed by atoms with Crippen LogP contribution in [0.3, 0.4) is 0 Å². The standard InChI is InChI=1S/C25H34N2O4/c28-16-17-13-20-5-6-21(15-22(20)14-17)18-1-3-19(4-2-18)23(29)26-9-11-27(12-10-26)24(30)25(31)7-8-25/h5-6,15,17-19,28,31H,1-4,7-14,16H2. The van der Waals surface area contributed by atoms with Crippen molar-refractivity contribution in [3.8, 4) is 0 Å². The first kappa shape index (κ1) is 21.0. The Labute approximate surface area is 184 Å². The molecule has 5 rings (SSSR count). The maximum Gasteiger partial charge on any atom is 0.254 e. The van der Waals surface area contributed by atoms with E-state index < -0.39 is 5.60 Å². The average molecular weight is 427 g/mol. The molecule has 6 heteroatoms. The SMILES string of the molecule is O=C(C1CCC(c2ccc3c(c2)CC(CO)C3)CC1)N1CCN(C(=O)C2(O)CC2)CC1. The van der Waals surface area contributed by atoms with Gasteiger partial charge in [-0.1, -0.05) is 18.2 Å². The normalized spacial score (nSPS) is 29.5. The van der Waals surface area contributed by atoms with Gasteiger partial charge in [-0.2, -0.15) is 0 Å². The van der Waals surface area contributed by atoms with E-state index >= 15 is 0 Å². The number of hydrogen-bond acceptors (Lipinski definition) is 4. The second-order valence-electron chi connectivity index (χ2n) is 10.2. The zero-order chi connectivity index (χ0) is 21.6. The van der Waals surface area contributed by atoms with Gasteiger partial charge in [0.15, 0.2) is 0 Å². The largest absolute Gasteiger partial charge is 0.396 e. The van der Waals surface area contributed by atoms with Gasteiger partial charge in [-0.25, -0.2) is 0 Å². The fourth-order valence-corrected chi connectivity index (χ4v) is 5.80. The molecule has 3 aliphatic carbocycles. The summed E-state index contributed by atoms with van der Waals surface area (Å²) in [5, 5.41) is 19.5. The fraction of sp³-hybridized carbons (Fsp3) is 0.680. The van der Waals surface area contributed by atoms with Crippen LogP contribution in [0, 0.1) is 11.8 Å². The lowest BCUT2D eigenvalue weighted by Gasteiger charge is -2.38. The third-order valence-electron chi connectivity index (χ3n) is 8.05. The van der Waals surface area contributed by atoms with E-state index in [1.807, 2.05) is 4.90 Å². The number of amides is 2. The predicted octanol–water partition coefficient (Wildman–Crippen LogP) is 1.86. The fourth-order valence-electron chi connectivity index (χ4n) is 5.80. The molecule has 31 heavy (non-hydrogen) atoms. The van der Waals surface area contributed by atoms with Gasteiger partial charge >= 0.3 is 0 Å².